The number of rotatable bonds is 9. The van der Waals surface area contributed by atoms with Gasteiger partial charge in [0.05, 0.1) is 13.7 Å². The third-order valence-corrected chi connectivity index (χ3v) is 3.38. The molecule has 25 heavy (non-hydrogen) atoms. The van der Waals surface area contributed by atoms with Crippen LogP contribution in [-0.2, 0) is 37.4 Å². The minimum absolute atomic E-state index is 0.0103. The van der Waals surface area contributed by atoms with Crippen molar-refractivity contribution in [2.45, 2.75) is 19.6 Å². The summed E-state index contributed by atoms with van der Waals surface area (Å²) in [4.78, 5) is 24.5. The second-order valence-corrected chi connectivity index (χ2v) is 5.40. The van der Waals surface area contributed by atoms with Crippen LogP contribution in [0.25, 0.3) is 0 Å². The van der Waals surface area contributed by atoms with Gasteiger partial charge in [-0.3, -0.25) is 0 Å². The molecule has 7 heteroatoms. The van der Waals surface area contributed by atoms with Crippen LogP contribution in [0.15, 0.2) is 49.1 Å². The molecule has 0 aliphatic heterocycles. The van der Waals surface area contributed by atoms with E-state index in [0.29, 0.717) is 18.8 Å². The second-order valence-electron chi connectivity index (χ2n) is 5.40. The summed E-state index contributed by atoms with van der Waals surface area (Å²) < 4.78 is 19.2. The molecule has 2 rings (SSSR count). The molecule has 0 saturated heterocycles. The minimum Gasteiger partial charge on any atom is -0.460 e. The Labute approximate surface area is 146 Å². The van der Waals surface area contributed by atoms with E-state index in [-0.39, 0.29) is 13.2 Å². The molecule has 0 aliphatic carbocycles. The fourth-order valence-electron chi connectivity index (χ4n) is 2.21. The molecule has 0 saturated carbocycles. The molecule has 1 heterocycles. The summed E-state index contributed by atoms with van der Waals surface area (Å²) in [6.07, 6.45) is 4.21. The number of esters is 2. The van der Waals surface area contributed by atoms with Gasteiger partial charge in [0.1, 0.15) is 19.0 Å². The van der Waals surface area contributed by atoms with E-state index in [2.05, 4.69) is 0 Å². The maximum absolute atomic E-state index is 12.3. The molecule has 0 N–H and O–H groups in total. The van der Waals surface area contributed by atoms with Crippen molar-refractivity contribution >= 4 is 11.9 Å². The molecular formula is C18H23N2O5+. The molecule has 0 spiro atoms. The molecule has 0 radical (unpaired) electrons. The van der Waals surface area contributed by atoms with E-state index in [4.69, 9.17) is 14.2 Å². The second kappa shape index (κ2) is 9.58. The molecule has 134 valence electrons. The Morgan fingerprint density at radius 3 is 2.60 bits per heavy atom. The van der Waals surface area contributed by atoms with Crippen molar-refractivity contribution in [2.75, 3.05) is 19.8 Å². The zero-order valence-electron chi connectivity index (χ0n) is 14.5. The molecular weight excluding hydrogens is 324 g/mol. The highest BCUT2D eigenvalue weighted by Gasteiger charge is 2.27. The van der Waals surface area contributed by atoms with Gasteiger partial charge in [-0.1, -0.05) is 30.3 Å². The van der Waals surface area contributed by atoms with E-state index in [1.54, 1.807) is 41.4 Å². The minimum atomic E-state index is -1.10. The third kappa shape index (κ3) is 6.04. The van der Waals surface area contributed by atoms with E-state index in [1.165, 1.54) is 0 Å². The summed E-state index contributed by atoms with van der Waals surface area (Å²) in [6.45, 7) is 2.83. The van der Waals surface area contributed by atoms with Crippen molar-refractivity contribution in [1.82, 2.24) is 4.57 Å². The van der Waals surface area contributed by atoms with Gasteiger partial charge in [0.2, 0.25) is 12.4 Å². The Bertz CT molecular complexity index is 684. The summed E-state index contributed by atoms with van der Waals surface area (Å²) in [7, 11) is 1.85. The predicted molar refractivity (Wildman–Crippen MR) is 88.3 cm³/mol. The van der Waals surface area contributed by atoms with Gasteiger partial charge in [-0.15, -0.1) is 0 Å². The molecule has 0 amide bonds. The number of aromatic nitrogens is 2. The lowest BCUT2D eigenvalue weighted by Crippen LogP contribution is -2.38. The number of carbonyl (C=O) groups excluding carboxylic acids is 2. The quantitative estimate of drug-likeness (QED) is 0.387. The maximum atomic E-state index is 12.3. The number of ether oxygens (including phenoxy) is 3. The highest BCUT2D eigenvalue weighted by molar-refractivity contribution is 5.80. The summed E-state index contributed by atoms with van der Waals surface area (Å²) in [6, 6.07) is 8.81. The fourth-order valence-corrected chi connectivity index (χ4v) is 2.21. The lowest BCUT2D eigenvalue weighted by atomic mass is 10.1. The monoisotopic (exact) mass is 347 g/mol. The molecule has 1 aromatic heterocycles. The topological polar surface area (TPSA) is 70.6 Å². The number of hydrogen-bond donors (Lipinski definition) is 0. The zero-order valence-corrected chi connectivity index (χ0v) is 14.5. The van der Waals surface area contributed by atoms with E-state index in [9.17, 15) is 9.59 Å². The molecule has 0 aliphatic rings. The largest absolute Gasteiger partial charge is 0.460 e. The van der Waals surface area contributed by atoms with Crippen LogP contribution in [0.5, 0.6) is 0 Å². The molecule has 0 bridgehead atoms. The zero-order chi connectivity index (χ0) is 18.1. The first-order valence-corrected chi connectivity index (χ1v) is 8.10. The average molecular weight is 347 g/mol. The Kier molecular flexibility index (Phi) is 7.16. The van der Waals surface area contributed by atoms with Crippen LogP contribution in [0.3, 0.4) is 0 Å². The first-order valence-electron chi connectivity index (χ1n) is 8.10. The summed E-state index contributed by atoms with van der Waals surface area (Å²) in [5, 5.41) is 0. The lowest BCUT2D eigenvalue weighted by Gasteiger charge is -2.16. The van der Waals surface area contributed by atoms with Gasteiger partial charge in [-0.05, 0) is 6.92 Å². The van der Waals surface area contributed by atoms with E-state index in [1.807, 2.05) is 30.8 Å². The van der Waals surface area contributed by atoms with Gasteiger partial charge in [0, 0.05) is 12.2 Å². The summed E-state index contributed by atoms with van der Waals surface area (Å²) in [5.41, 5.74) is 0.565. The third-order valence-electron chi connectivity index (χ3n) is 3.38. The Hall–Kier alpha value is -2.67. The molecule has 1 atom stereocenters. The van der Waals surface area contributed by atoms with E-state index in [0.717, 1.165) is 0 Å². The van der Waals surface area contributed by atoms with Crippen LogP contribution in [0.4, 0.5) is 0 Å². The van der Waals surface area contributed by atoms with E-state index < -0.39 is 18.0 Å². The van der Waals surface area contributed by atoms with Crippen LogP contribution < -0.4 is 4.57 Å². The maximum Gasteiger partial charge on any atom is 0.352 e. The average Bonchev–Trinajstić information content (AvgIpc) is 3.02. The summed E-state index contributed by atoms with van der Waals surface area (Å²) in [5.74, 6) is -1.14. The fraction of sp³-hybridized carbons (Fsp3) is 0.389. The first-order chi connectivity index (χ1) is 12.1. The van der Waals surface area contributed by atoms with E-state index >= 15 is 0 Å². The highest BCUT2D eigenvalue weighted by atomic mass is 16.6. The number of aryl methyl sites for hydroxylation is 1. The van der Waals surface area contributed by atoms with Crippen molar-refractivity contribution in [3.05, 3.63) is 54.6 Å². The van der Waals surface area contributed by atoms with Gasteiger partial charge >= 0.3 is 11.9 Å². The standard InChI is InChI=1S/C18H23N2O5/c1-3-23-11-12-24-18(22)17(15-7-5-4-6-8-15)25-16(21)13-20-10-9-19(2)14-20/h4-10,14,17H,3,11-13H2,1-2H3/q+1. The van der Waals surface area contributed by atoms with Crippen molar-refractivity contribution in [2.24, 2.45) is 7.05 Å². The predicted octanol–water partition coefficient (Wildman–Crippen LogP) is 1.18. The van der Waals surface area contributed by atoms with Gasteiger partial charge in [-0.2, -0.15) is 0 Å². The molecule has 0 fully saturated rings. The SMILES string of the molecule is CCOCCOC(=O)C(OC(=O)C[n+]1ccn(C)c1)c1ccccc1. The number of carbonyl (C=O) groups is 2. The van der Waals surface area contributed by atoms with Crippen LogP contribution in [0.2, 0.25) is 0 Å². The molecule has 1 unspecified atom stereocenters. The van der Waals surface area contributed by atoms with Gasteiger partial charge < -0.3 is 14.2 Å². The lowest BCUT2D eigenvalue weighted by molar-refractivity contribution is -0.685. The number of imidazole rings is 1. The van der Waals surface area contributed by atoms with Gasteiger partial charge in [0.15, 0.2) is 6.54 Å². The highest BCUT2D eigenvalue weighted by Crippen LogP contribution is 2.19. The first kappa shape index (κ1) is 18.7. The van der Waals surface area contributed by atoms with Crippen LogP contribution in [0, 0.1) is 0 Å². The normalized spacial score (nSPS) is 11.8. The van der Waals surface area contributed by atoms with Crippen LogP contribution in [-0.4, -0.2) is 36.3 Å². The molecule has 2 aromatic rings. The van der Waals surface area contributed by atoms with Crippen LogP contribution >= 0.6 is 0 Å². The number of nitrogens with zero attached hydrogens (tertiary/aromatic N) is 2. The summed E-state index contributed by atoms with van der Waals surface area (Å²) >= 11 is 0. The van der Waals surface area contributed by atoms with Crippen molar-refractivity contribution in [3.63, 3.8) is 0 Å². The smallest absolute Gasteiger partial charge is 0.352 e. The number of benzene rings is 1. The molecule has 1 aromatic carbocycles. The van der Waals surface area contributed by atoms with Gasteiger partial charge in [0.25, 0.3) is 0 Å². The van der Waals surface area contributed by atoms with Crippen molar-refractivity contribution in [1.29, 1.82) is 0 Å². The Balaban J connectivity index is 2.01. The molecule has 7 nitrogen and oxygen atoms in total. The van der Waals surface area contributed by atoms with Crippen molar-refractivity contribution < 1.29 is 28.4 Å². The van der Waals surface area contributed by atoms with Crippen molar-refractivity contribution in [3.8, 4) is 0 Å². The Morgan fingerprint density at radius 1 is 1.20 bits per heavy atom. The Morgan fingerprint density at radius 2 is 1.96 bits per heavy atom. The van der Waals surface area contributed by atoms with Crippen LogP contribution in [0.1, 0.15) is 18.6 Å². The van der Waals surface area contributed by atoms with Gasteiger partial charge in [-0.25, -0.2) is 18.7 Å². The number of hydrogen-bond acceptors (Lipinski definition) is 5.